The standard InChI is InChI=1S/C12H19NO3S/c1-9-5-6-12(17(14,15)16)8-11(9)7-10(2)13(3)4/h5-6,8,10H,7H2,1-4H3,(H,14,15,16). The van der Waals surface area contributed by atoms with Gasteiger partial charge in [-0.1, -0.05) is 6.07 Å². The first-order valence-electron chi connectivity index (χ1n) is 5.45. The van der Waals surface area contributed by atoms with Crippen LogP contribution in [0.1, 0.15) is 18.1 Å². The van der Waals surface area contributed by atoms with Crippen LogP contribution in [0.5, 0.6) is 0 Å². The number of likely N-dealkylation sites (N-methyl/N-ethyl adjacent to an activating group) is 1. The van der Waals surface area contributed by atoms with Crippen LogP contribution in [0.3, 0.4) is 0 Å². The second kappa shape index (κ2) is 5.16. The van der Waals surface area contributed by atoms with Crippen molar-refractivity contribution in [3.8, 4) is 0 Å². The summed E-state index contributed by atoms with van der Waals surface area (Å²) < 4.78 is 31.1. The zero-order chi connectivity index (χ0) is 13.2. The molecule has 1 rings (SSSR count). The quantitative estimate of drug-likeness (QED) is 0.835. The van der Waals surface area contributed by atoms with E-state index in [1.54, 1.807) is 12.1 Å². The fourth-order valence-corrected chi connectivity index (χ4v) is 2.06. The van der Waals surface area contributed by atoms with Crippen LogP contribution in [0.4, 0.5) is 0 Å². The van der Waals surface area contributed by atoms with E-state index < -0.39 is 10.1 Å². The summed E-state index contributed by atoms with van der Waals surface area (Å²) in [5.74, 6) is 0. The minimum atomic E-state index is -4.11. The zero-order valence-electron chi connectivity index (χ0n) is 10.6. The molecule has 96 valence electrons. The molecule has 1 aromatic rings. The molecule has 0 spiro atoms. The molecule has 5 heteroatoms. The molecule has 0 heterocycles. The van der Waals surface area contributed by atoms with Crippen molar-refractivity contribution < 1.29 is 13.0 Å². The lowest BCUT2D eigenvalue weighted by molar-refractivity contribution is 0.312. The molecule has 0 bridgehead atoms. The van der Waals surface area contributed by atoms with E-state index in [9.17, 15) is 8.42 Å². The van der Waals surface area contributed by atoms with Crippen LogP contribution in [0.2, 0.25) is 0 Å². The Bertz CT molecular complexity index is 494. The SMILES string of the molecule is Cc1ccc(S(=O)(=O)O)cc1CC(C)N(C)C. The number of hydrogen-bond acceptors (Lipinski definition) is 3. The highest BCUT2D eigenvalue weighted by atomic mass is 32.2. The summed E-state index contributed by atoms with van der Waals surface area (Å²) in [7, 11) is -0.154. The number of hydrogen-bond donors (Lipinski definition) is 1. The van der Waals surface area contributed by atoms with E-state index in [-0.39, 0.29) is 4.90 Å². The largest absolute Gasteiger partial charge is 0.306 e. The molecule has 0 saturated heterocycles. The van der Waals surface area contributed by atoms with Crippen LogP contribution in [-0.2, 0) is 16.5 Å². The van der Waals surface area contributed by atoms with Crippen molar-refractivity contribution in [2.45, 2.75) is 31.2 Å². The van der Waals surface area contributed by atoms with E-state index in [2.05, 4.69) is 11.8 Å². The highest BCUT2D eigenvalue weighted by Gasteiger charge is 2.13. The molecule has 0 radical (unpaired) electrons. The molecule has 1 unspecified atom stereocenters. The van der Waals surface area contributed by atoms with E-state index in [0.717, 1.165) is 17.5 Å². The van der Waals surface area contributed by atoms with Gasteiger partial charge in [0, 0.05) is 6.04 Å². The Morgan fingerprint density at radius 2 is 1.94 bits per heavy atom. The molecule has 1 N–H and O–H groups in total. The Hall–Kier alpha value is -0.910. The van der Waals surface area contributed by atoms with E-state index in [0.29, 0.717) is 6.04 Å². The van der Waals surface area contributed by atoms with E-state index in [1.165, 1.54) is 6.07 Å². The van der Waals surface area contributed by atoms with Gasteiger partial charge in [0.05, 0.1) is 4.90 Å². The van der Waals surface area contributed by atoms with Gasteiger partial charge in [-0.3, -0.25) is 4.55 Å². The van der Waals surface area contributed by atoms with Gasteiger partial charge in [0.15, 0.2) is 0 Å². The third-order valence-corrected chi connectivity index (χ3v) is 3.86. The topological polar surface area (TPSA) is 57.6 Å². The van der Waals surface area contributed by atoms with Crippen molar-refractivity contribution in [1.29, 1.82) is 0 Å². The van der Waals surface area contributed by atoms with Gasteiger partial charge >= 0.3 is 0 Å². The molecular formula is C12H19NO3S. The van der Waals surface area contributed by atoms with E-state index in [1.807, 2.05) is 21.0 Å². The second-order valence-corrected chi connectivity index (χ2v) is 6.00. The normalized spacial score (nSPS) is 14.0. The lowest BCUT2D eigenvalue weighted by atomic mass is 10.0. The lowest BCUT2D eigenvalue weighted by Gasteiger charge is -2.20. The summed E-state index contributed by atoms with van der Waals surface area (Å²) in [5.41, 5.74) is 1.98. The average molecular weight is 257 g/mol. The van der Waals surface area contributed by atoms with Gasteiger partial charge in [0.25, 0.3) is 10.1 Å². The van der Waals surface area contributed by atoms with Crippen molar-refractivity contribution in [2.75, 3.05) is 14.1 Å². The monoisotopic (exact) mass is 257 g/mol. The average Bonchev–Trinajstić information content (AvgIpc) is 2.19. The third-order valence-electron chi connectivity index (χ3n) is 3.02. The summed E-state index contributed by atoms with van der Waals surface area (Å²) in [6.45, 7) is 4.01. The summed E-state index contributed by atoms with van der Waals surface area (Å²) in [6, 6.07) is 5.00. The highest BCUT2D eigenvalue weighted by molar-refractivity contribution is 7.85. The lowest BCUT2D eigenvalue weighted by Crippen LogP contribution is -2.27. The zero-order valence-corrected chi connectivity index (χ0v) is 11.5. The Morgan fingerprint density at radius 1 is 1.35 bits per heavy atom. The fourth-order valence-electron chi connectivity index (χ4n) is 1.53. The first kappa shape index (κ1) is 14.2. The van der Waals surface area contributed by atoms with E-state index in [4.69, 9.17) is 4.55 Å². The van der Waals surface area contributed by atoms with Gasteiger partial charge in [0.2, 0.25) is 0 Å². The minimum absolute atomic E-state index is 0.0379. The Morgan fingerprint density at radius 3 is 2.41 bits per heavy atom. The van der Waals surface area contributed by atoms with Gasteiger partial charge < -0.3 is 4.90 Å². The molecule has 0 amide bonds. The Kier molecular flexibility index (Phi) is 4.30. The maximum atomic E-state index is 11.1. The summed E-state index contributed by atoms with van der Waals surface area (Å²) >= 11 is 0. The molecule has 4 nitrogen and oxygen atoms in total. The smallest absolute Gasteiger partial charge is 0.294 e. The molecule has 1 atom stereocenters. The van der Waals surface area contributed by atoms with Crippen LogP contribution < -0.4 is 0 Å². The van der Waals surface area contributed by atoms with Gasteiger partial charge in [-0.2, -0.15) is 8.42 Å². The Labute approximate surface area is 103 Å². The molecule has 0 aliphatic carbocycles. The molecule has 0 aliphatic rings. The molecule has 0 saturated carbocycles. The maximum absolute atomic E-state index is 11.1. The predicted octanol–water partition coefficient (Wildman–Crippen LogP) is 1.73. The second-order valence-electron chi connectivity index (χ2n) is 4.58. The molecule has 1 aromatic carbocycles. The fraction of sp³-hybridized carbons (Fsp3) is 0.500. The summed E-state index contributed by atoms with van der Waals surface area (Å²) in [4.78, 5) is 2.03. The van der Waals surface area contributed by atoms with Crippen LogP contribution in [0, 0.1) is 6.92 Å². The highest BCUT2D eigenvalue weighted by Crippen LogP contribution is 2.17. The van der Waals surface area contributed by atoms with Crippen molar-refractivity contribution in [3.63, 3.8) is 0 Å². The van der Waals surface area contributed by atoms with Crippen molar-refractivity contribution >= 4 is 10.1 Å². The minimum Gasteiger partial charge on any atom is -0.306 e. The van der Waals surface area contributed by atoms with Crippen LogP contribution in [-0.4, -0.2) is 38.0 Å². The van der Waals surface area contributed by atoms with Gasteiger partial charge in [-0.15, -0.1) is 0 Å². The molecule has 17 heavy (non-hydrogen) atoms. The van der Waals surface area contributed by atoms with Crippen LogP contribution >= 0.6 is 0 Å². The van der Waals surface area contributed by atoms with Crippen molar-refractivity contribution in [3.05, 3.63) is 29.3 Å². The van der Waals surface area contributed by atoms with Gasteiger partial charge in [0.1, 0.15) is 0 Å². The molecular weight excluding hydrogens is 238 g/mol. The molecule has 0 aromatic heterocycles. The Balaban J connectivity index is 3.08. The van der Waals surface area contributed by atoms with Crippen LogP contribution in [0.15, 0.2) is 23.1 Å². The first-order valence-corrected chi connectivity index (χ1v) is 6.89. The number of rotatable bonds is 4. The van der Waals surface area contributed by atoms with Crippen molar-refractivity contribution in [2.24, 2.45) is 0 Å². The maximum Gasteiger partial charge on any atom is 0.294 e. The molecule has 0 fully saturated rings. The van der Waals surface area contributed by atoms with Crippen LogP contribution in [0.25, 0.3) is 0 Å². The van der Waals surface area contributed by atoms with E-state index >= 15 is 0 Å². The predicted molar refractivity (Wildman–Crippen MR) is 67.8 cm³/mol. The number of benzene rings is 1. The van der Waals surface area contributed by atoms with Crippen molar-refractivity contribution in [1.82, 2.24) is 4.90 Å². The number of aryl methyl sites for hydroxylation is 1. The first-order chi connectivity index (χ1) is 7.71. The summed E-state index contributed by atoms with van der Waals surface area (Å²) in [6.07, 6.45) is 0.752. The van der Waals surface area contributed by atoms with Gasteiger partial charge in [-0.25, -0.2) is 0 Å². The van der Waals surface area contributed by atoms with Gasteiger partial charge in [-0.05, 0) is 57.6 Å². The summed E-state index contributed by atoms with van der Waals surface area (Å²) in [5, 5.41) is 0. The molecule has 0 aliphatic heterocycles. The number of nitrogens with zero attached hydrogens (tertiary/aromatic N) is 1. The third kappa shape index (κ3) is 3.80.